The van der Waals surface area contributed by atoms with Crippen LogP contribution in [0.3, 0.4) is 0 Å². The van der Waals surface area contributed by atoms with Gasteiger partial charge in [0.15, 0.2) is 0 Å². The maximum Gasteiger partial charge on any atom is 0.417 e. The maximum absolute atomic E-state index is 13.4. The number of aromatic nitrogens is 3. The van der Waals surface area contributed by atoms with Crippen molar-refractivity contribution in [3.8, 4) is 11.1 Å². The van der Waals surface area contributed by atoms with E-state index in [0.717, 1.165) is 29.3 Å². The second-order valence-corrected chi connectivity index (χ2v) is 7.59. The van der Waals surface area contributed by atoms with Gasteiger partial charge in [-0.2, -0.15) is 13.2 Å². The third-order valence-corrected chi connectivity index (χ3v) is 5.49. The van der Waals surface area contributed by atoms with E-state index < -0.39 is 17.6 Å². The molecule has 160 valence electrons. The van der Waals surface area contributed by atoms with E-state index in [9.17, 15) is 18.0 Å². The molecule has 3 aromatic rings. The Labute approximate surface area is 178 Å². The lowest BCUT2D eigenvalue weighted by Gasteiger charge is -2.34. The molecule has 0 radical (unpaired) electrons. The number of hydrogen-bond acceptors (Lipinski definition) is 4. The quantitative estimate of drug-likeness (QED) is 0.599. The SMILES string of the molecule is Cc1ncc(-c2ccncc2)c(C2CCCN(C(=O)c3ccccc3C(F)(F)F)C2)n1. The molecule has 1 unspecified atom stereocenters. The van der Waals surface area contributed by atoms with Crippen molar-refractivity contribution in [3.63, 3.8) is 0 Å². The Bertz CT molecular complexity index is 1090. The number of rotatable bonds is 3. The molecule has 0 bridgehead atoms. The van der Waals surface area contributed by atoms with E-state index in [2.05, 4.69) is 15.0 Å². The molecule has 1 aliphatic rings. The molecule has 1 aliphatic heterocycles. The van der Waals surface area contributed by atoms with Gasteiger partial charge in [0.1, 0.15) is 5.82 Å². The number of hydrogen-bond donors (Lipinski definition) is 0. The summed E-state index contributed by atoms with van der Waals surface area (Å²) in [6.07, 6.45) is 2.02. The maximum atomic E-state index is 13.4. The standard InChI is InChI=1S/C23H21F3N4O/c1-15-28-13-19(16-8-10-27-11-9-16)21(29-15)17-5-4-12-30(14-17)22(31)18-6-2-3-7-20(18)23(24,25)26/h2-3,6-11,13,17H,4-5,12,14H2,1H3. The van der Waals surface area contributed by atoms with E-state index in [1.54, 1.807) is 25.5 Å². The molecule has 0 aliphatic carbocycles. The Balaban J connectivity index is 1.65. The van der Waals surface area contributed by atoms with Crippen LogP contribution in [0.15, 0.2) is 55.0 Å². The van der Waals surface area contributed by atoms with Crippen molar-refractivity contribution < 1.29 is 18.0 Å². The fourth-order valence-electron chi connectivity index (χ4n) is 4.02. The number of alkyl halides is 3. The molecule has 1 aromatic carbocycles. The van der Waals surface area contributed by atoms with Crippen LogP contribution in [0.4, 0.5) is 13.2 Å². The largest absolute Gasteiger partial charge is 0.417 e. The first kappa shape index (κ1) is 21.0. The molecule has 5 nitrogen and oxygen atoms in total. The van der Waals surface area contributed by atoms with Crippen LogP contribution < -0.4 is 0 Å². The van der Waals surface area contributed by atoms with Gasteiger partial charge in [0.2, 0.25) is 0 Å². The van der Waals surface area contributed by atoms with Crippen LogP contribution in [0.5, 0.6) is 0 Å². The third-order valence-electron chi connectivity index (χ3n) is 5.49. The van der Waals surface area contributed by atoms with Crippen molar-refractivity contribution in [2.75, 3.05) is 13.1 Å². The number of aryl methyl sites for hydroxylation is 1. The smallest absolute Gasteiger partial charge is 0.338 e. The van der Waals surface area contributed by atoms with Crippen molar-refractivity contribution in [1.82, 2.24) is 19.9 Å². The van der Waals surface area contributed by atoms with Crippen molar-refractivity contribution >= 4 is 5.91 Å². The highest BCUT2D eigenvalue weighted by Gasteiger charge is 2.37. The molecule has 1 atom stereocenters. The van der Waals surface area contributed by atoms with Gasteiger partial charge in [-0.25, -0.2) is 9.97 Å². The highest BCUT2D eigenvalue weighted by molar-refractivity contribution is 5.96. The zero-order valence-electron chi connectivity index (χ0n) is 16.9. The average Bonchev–Trinajstić information content (AvgIpc) is 2.78. The van der Waals surface area contributed by atoms with E-state index in [0.29, 0.717) is 25.3 Å². The van der Waals surface area contributed by atoms with Crippen LogP contribution in [0.1, 0.15) is 46.2 Å². The first-order chi connectivity index (χ1) is 14.8. The minimum Gasteiger partial charge on any atom is -0.338 e. The molecule has 0 saturated carbocycles. The van der Waals surface area contributed by atoms with E-state index in [4.69, 9.17) is 0 Å². The number of nitrogens with zero attached hydrogens (tertiary/aromatic N) is 4. The van der Waals surface area contributed by atoms with E-state index >= 15 is 0 Å². The van der Waals surface area contributed by atoms with Gasteiger partial charge in [0, 0.05) is 43.2 Å². The summed E-state index contributed by atoms with van der Waals surface area (Å²) in [6.45, 7) is 2.51. The minimum absolute atomic E-state index is 0.0967. The summed E-state index contributed by atoms with van der Waals surface area (Å²) < 4.78 is 40.2. The van der Waals surface area contributed by atoms with Crippen molar-refractivity contribution in [2.24, 2.45) is 0 Å². The lowest BCUT2D eigenvalue weighted by molar-refractivity contribution is -0.138. The van der Waals surface area contributed by atoms with Gasteiger partial charge in [-0.15, -0.1) is 0 Å². The number of pyridine rings is 1. The lowest BCUT2D eigenvalue weighted by atomic mass is 9.89. The summed E-state index contributed by atoms with van der Waals surface area (Å²) in [6, 6.07) is 8.67. The molecular formula is C23H21F3N4O. The summed E-state index contributed by atoms with van der Waals surface area (Å²) in [5, 5.41) is 0. The number of amides is 1. The van der Waals surface area contributed by atoms with Crippen LogP contribution in [0.2, 0.25) is 0 Å². The molecule has 8 heteroatoms. The molecule has 1 amide bonds. The number of carbonyl (C=O) groups is 1. The van der Waals surface area contributed by atoms with E-state index in [1.807, 2.05) is 12.1 Å². The monoisotopic (exact) mass is 426 g/mol. The molecule has 0 N–H and O–H groups in total. The summed E-state index contributed by atoms with van der Waals surface area (Å²) in [5.41, 5.74) is 1.35. The summed E-state index contributed by atoms with van der Waals surface area (Å²) in [4.78, 5) is 27.6. The molecule has 2 aromatic heterocycles. The third kappa shape index (κ3) is 4.42. The Morgan fingerprint density at radius 3 is 2.61 bits per heavy atom. The van der Waals surface area contributed by atoms with Crippen molar-refractivity contribution in [3.05, 3.63) is 77.6 Å². The molecule has 3 heterocycles. The van der Waals surface area contributed by atoms with Gasteiger partial charge in [-0.1, -0.05) is 12.1 Å². The normalized spacial score (nSPS) is 16.9. The number of carbonyl (C=O) groups excluding carboxylic acids is 1. The van der Waals surface area contributed by atoms with Crippen LogP contribution in [0, 0.1) is 6.92 Å². The van der Waals surface area contributed by atoms with Gasteiger partial charge in [0.25, 0.3) is 5.91 Å². The summed E-state index contributed by atoms with van der Waals surface area (Å²) >= 11 is 0. The van der Waals surface area contributed by atoms with Crippen LogP contribution in [-0.2, 0) is 6.18 Å². The minimum atomic E-state index is -4.58. The Kier molecular flexibility index (Phi) is 5.71. The first-order valence-corrected chi connectivity index (χ1v) is 10.0. The zero-order valence-corrected chi connectivity index (χ0v) is 16.9. The summed E-state index contributed by atoms with van der Waals surface area (Å²) in [7, 11) is 0. The van der Waals surface area contributed by atoms with Gasteiger partial charge in [-0.3, -0.25) is 9.78 Å². The lowest BCUT2D eigenvalue weighted by Crippen LogP contribution is -2.40. The Morgan fingerprint density at radius 1 is 1.13 bits per heavy atom. The highest BCUT2D eigenvalue weighted by Crippen LogP contribution is 2.35. The predicted molar refractivity (Wildman–Crippen MR) is 109 cm³/mol. The Morgan fingerprint density at radius 2 is 1.87 bits per heavy atom. The van der Waals surface area contributed by atoms with Crippen LogP contribution >= 0.6 is 0 Å². The number of benzene rings is 1. The zero-order chi connectivity index (χ0) is 22.0. The van der Waals surface area contributed by atoms with Crippen LogP contribution in [0.25, 0.3) is 11.1 Å². The predicted octanol–water partition coefficient (Wildman–Crippen LogP) is 4.89. The number of piperidine rings is 1. The molecule has 0 spiro atoms. The molecule has 1 fully saturated rings. The van der Waals surface area contributed by atoms with Crippen LogP contribution in [-0.4, -0.2) is 38.8 Å². The van der Waals surface area contributed by atoms with E-state index in [-0.39, 0.29) is 11.5 Å². The second-order valence-electron chi connectivity index (χ2n) is 7.59. The van der Waals surface area contributed by atoms with Gasteiger partial charge in [-0.05, 0) is 49.6 Å². The topological polar surface area (TPSA) is 59.0 Å². The Hall–Kier alpha value is -3.29. The van der Waals surface area contributed by atoms with Crippen molar-refractivity contribution in [1.29, 1.82) is 0 Å². The average molecular weight is 426 g/mol. The highest BCUT2D eigenvalue weighted by atomic mass is 19.4. The second kappa shape index (κ2) is 8.45. The fourth-order valence-corrected chi connectivity index (χ4v) is 4.02. The number of likely N-dealkylation sites (tertiary alicyclic amines) is 1. The van der Waals surface area contributed by atoms with E-state index in [1.165, 1.54) is 23.1 Å². The summed E-state index contributed by atoms with van der Waals surface area (Å²) in [5.74, 6) is -0.0897. The molecule has 31 heavy (non-hydrogen) atoms. The molecule has 4 rings (SSSR count). The van der Waals surface area contributed by atoms with Crippen molar-refractivity contribution in [2.45, 2.75) is 31.9 Å². The van der Waals surface area contributed by atoms with Gasteiger partial charge in [0.05, 0.1) is 16.8 Å². The van der Waals surface area contributed by atoms with Gasteiger partial charge < -0.3 is 4.90 Å². The molecule has 1 saturated heterocycles. The molecular weight excluding hydrogens is 405 g/mol. The fraction of sp³-hybridized carbons (Fsp3) is 0.304. The first-order valence-electron chi connectivity index (χ1n) is 10.0. The number of halogens is 3. The van der Waals surface area contributed by atoms with Gasteiger partial charge >= 0.3 is 6.18 Å².